The summed E-state index contributed by atoms with van der Waals surface area (Å²) in [5, 5.41) is 0. The third-order valence-electron chi connectivity index (χ3n) is 6.60. The molecule has 0 saturated carbocycles. The highest BCUT2D eigenvalue weighted by Crippen LogP contribution is 2.40. The van der Waals surface area contributed by atoms with E-state index < -0.39 is 29.2 Å². The van der Waals surface area contributed by atoms with Gasteiger partial charge in [0, 0.05) is 17.3 Å². The number of hydrogen-bond donors (Lipinski definition) is 0. The molecule has 0 bridgehead atoms. The Bertz CT molecular complexity index is 1600. The number of nitrogens with zero attached hydrogens (tertiary/aromatic N) is 4. The third-order valence-corrected chi connectivity index (χ3v) is 6.60. The number of hydrogen-bond acceptors (Lipinski definition) is 5. The fraction of sp³-hybridized carbons (Fsp3) is 0.0690. The van der Waals surface area contributed by atoms with Crippen molar-refractivity contribution in [3.05, 3.63) is 125 Å². The lowest BCUT2D eigenvalue weighted by Crippen LogP contribution is -2.58. The summed E-state index contributed by atoms with van der Waals surface area (Å²) in [5.41, 5.74) is -0.107. The molecule has 1 atom stereocenters. The van der Waals surface area contributed by atoms with Crippen molar-refractivity contribution >= 4 is 34.8 Å². The van der Waals surface area contributed by atoms with Gasteiger partial charge in [-0.2, -0.15) is 0 Å². The zero-order chi connectivity index (χ0) is 25.7. The molecule has 8 heteroatoms. The summed E-state index contributed by atoms with van der Waals surface area (Å²) in [6, 6.07) is 22.8. The molecule has 2 aliphatic rings. The van der Waals surface area contributed by atoms with Crippen LogP contribution in [0.4, 0.5) is 15.8 Å². The number of pyridine rings is 1. The van der Waals surface area contributed by atoms with Gasteiger partial charge in [-0.15, -0.1) is 0 Å². The van der Waals surface area contributed by atoms with Gasteiger partial charge in [-0.05, 0) is 49.4 Å². The predicted molar refractivity (Wildman–Crippen MR) is 135 cm³/mol. The fourth-order valence-electron chi connectivity index (χ4n) is 4.85. The lowest BCUT2D eigenvalue weighted by molar-refractivity contribution is -0.126. The maximum absolute atomic E-state index is 15.2. The van der Waals surface area contributed by atoms with Crippen molar-refractivity contribution in [2.24, 2.45) is 4.99 Å². The van der Waals surface area contributed by atoms with E-state index >= 15 is 4.39 Å². The Kier molecular flexibility index (Phi) is 5.05. The van der Waals surface area contributed by atoms with Crippen LogP contribution in [0.5, 0.6) is 0 Å². The Labute approximate surface area is 211 Å². The van der Waals surface area contributed by atoms with E-state index in [2.05, 4.69) is 4.98 Å². The van der Waals surface area contributed by atoms with E-state index in [0.29, 0.717) is 16.9 Å². The number of imide groups is 1. The number of benzene rings is 3. The topological polar surface area (TPSA) is 82.9 Å². The lowest BCUT2D eigenvalue weighted by atomic mass is 9.99. The Hall–Kier alpha value is -4.98. The van der Waals surface area contributed by atoms with Gasteiger partial charge < -0.3 is 0 Å². The molecule has 180 valence electrons. The summed E-state index contributed by atoms with van der Waals surface area (Å²) in [7, 11) is 0. The minimum atomic E-state index is -2.04. The van der Waals surface area contributed by atoms with Crippen LogP contribution in [0, 0.1) is 5.82 Å². The van der Waals surface area contributed by atoms with Crippen molar-refractivity contribution in [2.75, 3.05) is 4.90 Å². The third kappa shape index (κ3) is 3.30. The molecule has 6 rings (SSSR count). The minimum Gasteiger partial charge on any atom is -0.275 e. The molecule has 0 N–H and O–H groups in total. The average molecular weight is 490 g/mol. The predicted octanol–water partition coefficient (Wildman–Crippen LogP) is 4.75. The van der Waals surface area contributed by atoms with E-state index in [4.69, 9.17) is 4.99 Å². The maximum Gasteiger partial charge on any atom is 0.280 e. The van der Waals surface area contributed by atoms with Crippen molar-refractivity contribution < 1.29 is 18.8 Å². The quantitative estimate of drug-likeness (QED) is 0.388. The van der Waals surface area contributed by atoms with Crippen LogP contribution in [0.2, 0.25) is 0 Å². The van der Waals surface area contributed by atoms with Crippen molar-refractivity contribution in [3.8, 4) is 0 Å². The van der Waals surface area contributed by atoms with Crippen molar-refractivity contribution in [1.82, 2.24) is 9.88 Å². The zero-order valence-electron chi connectivity index (χ0n) is 19.6. The van der Waals surface area contributed by atoms with E-state index in [9.17, 15) is 14.4 Å². The number of aliphatic imine (C=N–C) groups is 1. The number of anilines is 2. The van der Waals surface area contributed by atoms with Crippen molar-refractivity contribution in [1.29, 1.82) is 0 Å². The number of fused-ring (bicyclic) bond motifs is 2. The smallest absolute Gasteiger partial charge is 0.275 e. The molecule has 1 unspecified atom stereocenters. The van der Waals surface area contributed by atoms with E-state index in [-0.39, 0.29) is 22.4 Å². The Morgan fingerprint density at radius 2 is 1.32 bits per heavy atom. The second-order valence-corrected chi connectivity index (χ2v) is 8.82. The lowest BCUT2D eigenvalue weighted by Gasteiger charge is -2.35. The Balaban J connectivity index is 1.67. The molecule has 37 heavy (non-hydrogen) atoms. The molecular formula is C29H19FN4O3. The highest BCUT2D eigenvalue weighted by Gasteiger charge is 2.54. The van der Waals surface area contributed by atoms with Gasteiger partial charge in [0.25, 0.3) is 17.7 Å². The minimum absolute atomic E-state index is 0.138. The van der Waals surface area contributed by atoms with Crippen LogP contribution < -0.4 is 4.90 Å². The molecule has 0 fully saturated rings. The summed E-state index contributed by atoms with van der Waals surface area (Å²) in [6.07, 6.45) is 3.08. The van der Waals surface area contributed by atoms with Gasteiger partial charge in [-0.25, -0.2) is 14.3 Å². The normalized spacial score (nSPS) is 18.9. The van der Waals surface area contributed by atoms with Gasteiger partial charge in [-0.3, -0.25) is 24.3 Å². The zero-order valence-corrected chi connectivity index (χ0v) is 19.6. The van der Waals surface area contributed by atoms with E-state index in [1.807, 2.05) is 0 Å². The van der Waals surface area contributed by atoms with Gasteiger partial charge in [0.15, 0.2) is 0 Å². The first-order valence-electron chi connectivity index (χ1n) is 11.6. The van der Waals surface area contributed by atoms with Crippen molar-refractivity contribution in [2.45, 2.75) is 12.6 Å². The summed E-state index contributed by atoms with van der Waals surface area (Å²) in [4.78, 5) is 52.8. The van der Waals surface area contributed by atoms with Crippen LogP contribution in [0.25, 0.3) is 0 Å². The standard InChI is InChI=1S/C29H19FN4O3/c1-29(34-26(35)19-10-2-3-11-20(19)27(34)36)28(37)33(18-9-8-16-31-17-18)24-15-7-5-13-22(24)25(32-29)21-12-4-6-14-23(21)30/h2-17H,1H3. The molecule has 7 nitrogen and oxygen atoms in total. The van der Waals surface area contributed by atoms with Crippen LogP contribution in [-0.2, 0) is 4.79 Å². The monoisotopic (exact) mass is 490 g/mol. The number of para-hydroxylation sites is 1. The first-order valence-corrected chi connectivity index (χ1v) is 11.6. The van der Waals surface area contributed by atoms with Crippen LogP contribution in [-0.4, -0.2) is 39.0 Å². The molecule has 3 amide bonds. The van der Waals surface area contributed by atoms with Crippen LogP contribution >= 0.6 is 0 Å². The molecule has 4 aromatic rings. The number of carbonyl (C=O) groups is 3. The summed E-state index contributed by atoms with van der Waals surface area (Å²) in [5.74, 6) is -2.51. The average Bonchev–Trinajstić information content (AvgIpc) is 3.13. The molecular weight excluding hydrogens is 471 g/mol. The number of benzodiazepines with no additional fused rings is 1. The largest absolute Gasteiger partial charge is 0.280 e. The molecule has 0 spiro atoms. The summed E-state index contributed by atoms with van der Waals surface area (Å²) >= 11 is 0. The first kappa shape index (κ1) is 22.5. The second kappa shape index (κ2) is 8.30. The number of aromatic nitrogens is 1. The van der Waals surface area contributed by atoms with Gasteiger partial charge >= 0.3 is 0 Å². The van der Waals surface area contributed by atoms with Gasteiger partial charge in [0.2, 0.25) is 5.66 Å². The SMILES string of the molecule is CC1(N2C(=O)c3ccccc3C2=O)N=C(c2ccccc2F)c2ccccc2N(c2cccnc2)C1=O. The van der Waals surface area contributed by atoms with Crippen LogP contribution in [0.1, 0.15) is 38.8 Å². The second-order valence-electron chi connectivity index (χ2n) is 8.82. The number of halogens is 1. The molecule has 1 aromatic heterocycles. The van der Waals surface area contributed by atoms with Crippen LogP contribution in [0.3, 0.4) is 0 Å². The van der Waals surface area contributed by atoms with Gasteiger partial charge in [0.1, 0.15) is 5.82 Å². The van der Waals surface area contributed by atoms with E-state index in [0.717, 1.165) is 4.90 Å². The maximum atomic E-state index is 15.2. The molecule has 3 heterocycles. The van der Waals surface area contributed by atoms with Crippen molar-refractivity contribution in [3.63, 3.8) is 0 Å². The Morgan fingerprint density at radius 1 is 0.730 bits per heavy atom. The highest BCUT2D eigenvalue weighted by molar-refractivity contribution is 6.27. The number of amides is 3. The molecule has 0 radical (unpaired) electrons. The van der Waals surface area contributed by atoms with Gasteiger partial charge in [0.05, 0.1) is 34.4 Å². The highest BCUT2D eigenvalue weighted by atomic mass is 19.1. The number of carbonyl (C=O) groups excluding carboxylic acids is 3. The summed E-state index contributed by atoms with van der Waals surface area (Å²) < 4.78 is 15.2. The molecule has 3 aromatic carbocycles. The van der Waals surface area contributed by atoms with E-state index in [1.165, 1.54) is 36.2 Å². The number of rotatable bonds is 3. The van der Waals surface area contributed by atoms with Crippen LogP contribution in [0.15, 0.2) is 102 Å². The Morgan fingerprint density at radius 3 is 1.95 bits per heavy atom. The van der Waals surface area contributed by atoms with Gasteiger partial charge in [-0.1, -0.05) is 42.5 Å². The summed E-state index contributed by atoms with van der Waals surface area (Å²) in [6.45, 7) is 1.41. The molecule has 0 aliphatic carbocycles. The first-order chi connectivity index (χ1) is 17.9. The molecule has 2 aliphatic heterocycles. The van der Waals surface area contributed by atoms with E-state index in [1.54, 1.807) is 72.9 Å². The fourth-order valence-corrected chi connectivity index (χ4v) is 4.85. The molecule has 0 saturated heterocycles.